The lowest BCUT2D eigenvalue weighted by atomic mass is 9.89. The van der Waals surface area contributed by atoms with Crippen LogP contribution in [0.15, 0.2) is 42.5 Å². The molecule has 2 aromatic rings. The van der Waals surface area contributed by atoms with Gasteiger partial charge in [-0.25, -0.2) is 0 Å². The van der Waals surface area contributed by atoms with Crippen molar-refractivity contribution in [1.29, 1.82) is 0 Å². The smallest absolute Gasteiger partial charge is 0.239 e. The molecule has 1 amide bonds. The quantitative estimate of drug-likeness (QED) is 0.920. The van der Waals surface area contributed by atoms with Crippen molar-refractivity contribution in [2.75, 3.05) is 40.3 Å². The van der Waals surface area contributed by atoms with Crippen molar-refractivity contribution in [3.63, 3.8) is 0 Å². The Morgan fingerprint density at radius 1 is 1.20 bits per heavy atom. The van der Waals surface area contributed by atoms with Gasteiger partial charge in [-0.3, -0.25) is 14.6 Å². The van der Waals surface area contributed by atoms with Crippen molar-refractivity contribution in [2.45, 2.75) is 18.2 Å². The van der Waals surface area contributed by atoms with Crippen LogP contribution in [0.2, 0.25) is 0 Å². The Morgan fingerprint density at radius 2 is 1.96 bits per heavy atom. The Hall–Kier alpha value is -1.95. The zero-order valence-electron chi connectivity index (χ0n) is 14.9. The molecule has 5 nitrogen and oxygen atoms in total. The highest BCUT2D eigenvalue weighted by Crippen LogP contribution is 2.32. The Kier molecular flexibility index (Phi) is 4.23. The summed E-state index contributed by atoms with van der Waals surface area (Å²) >= 11 is 0. The van der Waals surface area contributed by atoms with Gasteiger partial charge in [0.25, 0.3) is 0 Å². The maximum Gasteiger partial charge on any atom is 0.239 e. The average Bonchev–Trinajstić information content (AvgIpc) is 2.60. The Morgan fingerprint density at radius 3 is 2.72 bits per heavy atom. The molecule has 1 spiro atoms. The Labute approximate surface area is 148 Å². The van der Waals surface area contributed by atoms with Gasteiger partial charge in [0.15, 0.2) is 0 Å². The summed E-state index contributed by atoms with van der Waals surface area (Å²) in [5.74, 6) is 0.0317. The lowest BCUT2D eigenvalue weighted by molar-refractivity contribution is -0.198. The number of hydrogen-bond acceptors (Lipinski definition) is 4. The predicted molar refractivity (Wildman–Crippen MR) is 98.4 cm³/mol. The summed E-state index contributed by atoms with van der Waals surface area (Å²) in [4.78, 5) is 16.4. The van der Waals surface area contributed by atoms with Crippen molar-refractivity contribution in [3.05, 3.63) is 48.0 Å². The van der Waals surface area contributed by atoms with Crippen LogP contribution in [-0.2, 0) is 16.1 Å². The van der Waals surface area contributed by atoms with Crippen molar-refractivity contribution in [1.82, 2.24) is 15.1 Å². The second-order valence-electron chi connectivity index (χ2n) is 7.32. The highest BCUT2D eigenvalue weighted by molar-refractivity contribution is 5.85. The number of likely N-dealkylation sites (N-methyl/N-ethyl adjacent to an activating group) is 2. The minimum Gasteiger partial charge on any atom is -0.369 e. The summed E-state index contributed by atoms with van der Waals surface area (Å²) in [6.07, 6.45) is 0. The minimum atomic E-state index is -0.178. The number of nitrogens with zero attached hydrogens (tertiary/aromatic N) is 2. The second kappa shape index (κ2) is 6.41. The largest absolute Gasteiger partial charge is 0.369 e. The van der Waals surface area contributed by atoms with E-state index in [-0.39, 0.29) is 17.6 Å². The minimum absolute atomic E-state index is 0.0317. The number of carbonyl (C=O) groups excluding carboxylic acids is 1. The lowest BCUT2D eigenvalue weighted by Crippen LogP contribution is -2.71. The van der Waals surface area contributed by atoms with E-state index < -0.39 is 0 Å². The van der Waals surface area contributed by atoms with Gasteiger partial charge >= 0.3 is 0 Å². The van der Waals surface area contributed by atoms with E-state index in [1.54, 1.807) is 7.05 Å². The normalized spacial score (nSPS) is 23.5. The number of benzene rings is 2. The first-order valence-corrected chi connectivity index (χ1v) is 8.85. The molecule has 132 valence electrons. The van der Waals surface area contributed by atoms with Gasteiger partial charge in [0, 0.05) is 33.2 Å². The fourth-order valence-electron chi connectivity index (χ4n) is 4.18. The van der Waals surface area contributed by atoms with Gasteiger partial charge in [-0.15, -0.1) is 0 Å². The third kappa shape index (κ3) is 3.03. The fraction of sp³-hybridized carbons (Fsp3) is 0.450. The highest BCUT2D eigenvalue weighted by atomic mass is 16.5. The molecule has 5 heteroatoms. The van der Waals surface area contributed by atoms with E-state index in [1.807, 2.05) is 7.05 Å². The van der Waals surface area contributed by atoms with Gasteiger partial charge < -0.3 is 10.1 Å². The maximum atomic E-state index is 11.9. The summed E-state index contributed by atoms with van der Waals surface area (Å²) in [6, 6.07) is 14.9. The predicted octanol–water partition coefficient (Wildman–Crippen LogP) is 1.47. The van der Waals surface area contributed by atoms with E-state index >= 15 is 0 Å². The molecule has 2 saturated heterocycles. The van der Waals surface area contributed by atoms with Crippen LogP contribution in [-0.4, -0.2) is 67.7 Å². The van der Waals surface area contributed by atoms with Gasteiger partial charge in [0.2, 0.25) is 5.91 Å². The number of amides is 1. The summed E-state index contributed by atoms with van der Waals surface area (Å²) in [5.41, 5.74) is 1.24. The van der Waals surface area contributed by atoms with E-state index in [9.17, 15) is 4.79 Å². The van der Waals surface area contributed by atoms with E-state index in [4.69, 9.17) is 4.74 Å². The molecule has 2 aromatic carbocycles. The van der Waals surface area contributed by atoms with Crippen LogP contribution in [0.5, 0.6) is 0 Å². The van der Waals surface area contributed by atoms with Crippen LogP contribution < -0.4 is 5.32 Å². The van der Waals surface area contributed by atoms with Gasteiger partial charge in [-0.05, 0) is 23.4 Å². The van der Waals surface area contributed by atoms with Crippen LogP contribution in [0.25, 0.3) is 10.8 Å². The van der Waals surface area contributed by atoms with Gasteiger partial charge in [-0.1, -0.05) is 42.5 Å². The lowest BCUT2D eigenvalue weighted by Gasteiger charge is -2.55. The molecule has 1 atom stereocenters. The maximum absolute atomic E-state index is 11.9. The van der Waals surface area contributed by atoms with E-state index in [1.165, 1.54) is 16.3 Å². The molecule has 2 aliphatic rings. The van der Waals surface area contributed by atoms with Gasteiger partial charge in [-0.2, -0.15) is 0 Å². The van der Waals surface area contributed by atoms with Crippen LogP contribution in [0.4, 0.5) is 0 Å². The van der Waals surface area contributed by atoms with Gasteiger partial charge in [0.1, 0.15) is 11.6 Å². The first kappa shape index (κ1) is 16.5. The van der Waals surface area contributed by atoms with E-state index in [2.05, 4.69) is 57.6 Å². The zero-order valence-corrected chi connectivity index (χ0v) is 14.9. The van der Waals surface area contributed by atoms with Crippen molar-refractivity contribution in [3.8, 4) is 0 Å². The number of carbonyl (C=O) groups is 1. The molecule has 0 radical (unpaired) electrons. The van der Waals surface area contributed by atoms with Crippen LogP contribution >= 0.6 is 0 Å². The van der Waals surface area contributed by atoms with Crippen LogP contribution in [0, 0.1) is 0 Å². The number of nitrogens with one attached hydrogen (secondary N) is 1. The standard InChI is InChI=1S/C20H25N3O2/c1-21-19(24)18-11-25-20(12-22(18)2)13-23(14-20)10-16-8-5-7-15-6-3-4-9-17(15)16/h3-9,18H,10-14H2,1-2H3,(H,21,24)/t18-/m0/s1. The van der Waals surface area contributed by atoms with Crippen LogP contribution in [0.3, 0.4) is 0 Å². The third-order valence-electron chi connectivity index (χ3n) is 5.46. The SMILES string of the molecule is CNC(=O)[C@@H]1COC2(CN(Cc3cccc4ccccc34)C2)CN1C. The number of fused-ring (bicyclic) bond motifs is 1. The molecule has 4 rings (SSSR count). The summed E-state index contributed by atoms with van der Waals surface area (Å²) in [6.45, 7) is 4.05. The van der Waals surface area contributed by atoms with Crippen molar-refractivity contribution in [2.24, 2.45) is 0 Å². The summed E-state index contributed by atoms with van der Waals surface area (Å²) in [7, 11) is 3.69. The summed E-state index contributed by atoms with van der Waals surface area (Å²) < 4.78 is 6.12. The number of rotatable bonds is 3. The molecule has 2 aliphatic heterocycles. The van der Waals surface area contributed by atoms with E-state index in [0.717, 1.165) is 26.2 Å². The highest BCUT2D eigenvalue weighted by Gasteiger charge is 2.49. The molecule has 0 unspecified atom stereocenters. The molecular formula is C20H25N3O2. The Bertz CT molecular complexity index is 780. The number of ether oxygens (including phenoxy) is 1. The van der Waals surface area contributed by atoms with E-state index in [0.29, 0.717) is 6.61 Å². The van der Waals surface area contributed by atoms with Crippen LogP contribution in [0.1, 0.15) is 5.56 Å². The van der Waals surface area contributed by atoms with Crippen molar-refractivity contribution >= 4 is 16.7 Å². The number of likely N-dealkylation sites (tertiary alicyclic amines) is 1. The molecule has 0 saturated carbocycles. The number of hydrogen-bond donors (Lipinski definition) is 1. The molecule has 25 heavy (non-hydrogen) atoms. The van der Waals surface area contributed by atoms with Gasteiger partial charge in [0.05, 0.1) is 6.61 Å². The summed E-state index contributed by atoms with van der Waals surface area (Å²) in [5, 5.41) is 5.33. The first-order valence-electron chi connectivity index (χ1n) is 8.85. The monoisotopic (exact) mass is 339 g/mol. The topological polar surface area (TPSA) is 44.8 Å². The molecule has 0 aliphatic carbocycles. The molecule has 0 bridgehead atoms. The average molecular weight is 339 g/mol. The second-order valence-corrected chi connectivity index (χ2v) is 7.32. The molecular weight excluding hydrogens is 314 g/mol. The molecule has 0 aromatic heterocycles. The molecule has 2 heterocycles. The Balaban J connectivity index is 1.40. The molecule has 1 N–H and O–H groups in total. The fourth-order valence-corrected chi connectivity index (χ4v) is 4.18. The molecule has 2 fully saturated rings. The zero-order chi connectivity index (χ0) is 17.4. The van der Waals surface area contributed by atoms with Crippen molar-refractivity contribution < 1.29 is 9.53 Å². The first-order chi connectivity index (χ1) is 12.1. The third-order valence-corrected chi connectivity index (χ3v) is 5.46. The number of morpholine rings is 1.